The van der Waals surface area contributed by atoms with Gasteiger partial charge in [0.15, 0.2) is 5.13 Å². The van der Waals surface area contributed by atoms with Gasteiger partial charge in [0.2, 0.25) is 0 Å². The molecule has 0 unspecified atom stereocenters. The highest BCUT2D eigenvalue weighted by molar-refractivity contribution is 7.29. The maximum atomic E-state index is 12.6. The molecule has 27 heavy (non-hydrogen) atoms. The first-order valence-electron chi connectivity index (χ1n) is 7.58. The first-order valence-corrected chi connectivity index (χ1v) is 9.21. The molecule has 1 amide bonds. The Labute approximate surface area is 158 Å². The Morgan fingerprint density at radius 3 is 2.26 bits per heavy atom. The number of hydrogen-bond donors (Lipinski definition) is 1. The summed E-state index contributed by atoms with van der Waals surface area (Å²) in [6, 6.07) is 7.63. The van der Waals surface area contributed by atoms with Gasteiger partial charge >= 0.3 is 6.18 Å². The van der Waals surface area contributed by atoms with Gasteiger partial charge in [-0.3, -0.25) is 10.1 Å². The van der Waals surface area contributed by atoms with Crippen LogP contribution in [-0.2, 0) is 6.18 Å². The molecule has 0 aliphatic carbocycles. The zero-order valence-electron chi connectivity index (χ0n) is 13.6. The number of rotatable bonds is 3. The number of methoxy groups -OCH3 is 1. The van der Waals surface area contributed by atoms with Crippen molar-refractivity contribution in [2.24, 2.45) is 0 Å². The molecule has 4 aromatic rings. The van der Waals surface area contributed by atoms with Crippen LogP contribution >= 0.6 is 22.7 Å². The number of carbonyl (C=O) groups is 1. The van der Waals surface area contributed by atoms with Crippen LogP contribution < -0.4 is 10.1 Å². The molecule has 0 bridgehead atoms. The molecule has 5 nitrogen and oxygen atoms in total. The van der Waals surface area contributed by atoms with Crippen LogP contribution in [0.5, 0.6) is 5.19 Å². The number of alkyl halides is 3. The number of nitrogens with zero attached hydrogens (tertiary/aromatic N) is 2. The zero-order valence-corrected chi connectivity index (χ0v) is 15.3. The van der Waals surface area contributed by atoms with Crippen molar-refractivity contribution in [3.63, 3.8) is 0 Å². The number of aromatic nitrogens is 2. The van der Waals surface area contributed by atoms with Crippen LogP contribution in [0.3, 0.4) is 0 Å². The van der Waals surface area contributed by atoms with Crippen LogP contribution in [-0.4, -0.2) is 23.0 Å². The predicted molar refractivity (Wildman–Crippen MR) is 98.7 cm³/mol. The van der Waals surface area contributed by atoms with E-state index in [1.807, 2.05) is 6.07 Å². The van der Waals surface area contributed by atoms with E-state index < -0.39 is 17.6 Å². The fourth-order valence-electron chi connectivity index (χ4n) is 2.47. The molecule has 10 heteroatoms. The fraction of sp³-hybridized carbons (Fsp3) is 0.118. The molecular weight excluding hydrogens is 399 g/mol. The summed E-state index contributed by atoms with van der Waals surface area (Å²) in [5, 5.41) is 3.52. The minimum absolute atomic E-state index is 0.117. The Morgan fingerprint density at radius 1 is 1.00 bits per heavy atom. The molecule has 138 valence electrons. The summed E-state index contributed by atoms with van der Waals surface area (Å²) in [5.74, 6) is -0.527. The van der Waals surface area contributed by atoms with E-state index in [1.165, 1.54) is 29.8 Å². The molecule has 0 spiro atoms. The average Bonchev–Trinajstić information content (AvgIpc) is 3.23. The number of nitrogens with one attached hydrogen (secondary N) is 1. The summed E-state index contributed by atoms with van der Waals surface area (Å²) in [4.78, 5) is 21.0. The molecule has 2 aromatic heterocycles. The van der Waals surface area contributed by atoms with E-state index in [4.69, 9.17) is 4.74 Å². The Morgan fingerprint density at radius 2 is 1.63 bits per heavy atom. The third-order valence-corrected chi connectivity index (χ3v) is 5.95. The molecule has 0 saturated heterocycles. The van der Waals surface area contributed by atoms with Gasteiger partial charge in [-0.1, -0.05) is 22.7 Å². The normalized spacial score (nSPS) is 11.9. The van der Waals surface area contributed by atoms with Crippen molar-refractivity contribution in [2.45, 2.75) is 6.18 Å². The lowest BCUT2D eigenvalue weighted by atomic mass is 10.1. The first kappa shape index (κ1) is 17.7. The van der Waals surface area contributed by atoms with Gasteiger partial charge in [0, 0.05) is 5.56 Å². The van der Waals surface area contributed by atoms with Gasteiger partial charge in [-0.25, -0.2) is 9.97 Å². The van der Waals surface area contributed by atoms with E-state index in [9.17, 15) is 18.0 Å². The predicted octanol–water partition coefficient (Wildman–Crippen LogP) is 5.19. The Bertz CT molecular complexity index is 1150. The van der Waals surface area contributed by atoms with Crippen LogP contribution in [0.1, 0.15) is 15.9 Å². The molecule has 0 aliphatic heterocycles. The largest absolute Gasteiger partial charge is 0.473 e. The Kier molecular flexibility index (Phi) is 4.23. The smallest absolute Gasteiger partial charge is 0.416 e. The van der Waals surface area contributed by atoms with Gasteiger partial charge in [-0.2, -0.15) is 13.2 Å². The van der Waals surface area contributed by atoms with Gasteiger partial charge < -0.3 is 4.74 Å². The highest BCUT2D eigenvalue weighted by Gasteiger charge is 2.30. The SMILES string of the molecule is COc1nc2ccc3nc(NC(=O)c4ccc(C(F)(F)F)cc4)sc3c2s1. The lowest BCUT2D eigenvalue weighted by Gasteiger charge is -2.07. The van der Waals surface area contributed by atoms with Crippen LogP contribution in [0.2, 0.25) is 0 Å². The molecule has 0 aliphatic rings. The van der Waals surface area contributed by atoms with E-state index in [0.717, 1.165) is 39.2 Å². The zero-order chi connectivity index (χ0) is 19.2. The number of anilines is 1. The van der Waals surface area contributed by atoms with E-state index in [2.05, 4.69) is 15.3 Å². The van der Waals surface area contributed by atoms with E-state index in [-0.39, 0.29) is 5.56 Å². The average molecular weight is 409 g/mol. The number of ether oxygens (including phenoxy) is 1. The third-order valence-electron chi connectivity index (χ3n) is 3.76. The molecular formula is C17H10F3N3O2S2. The molecule has 0 atom stereocenters. The third kappa shape index (κ3) is 3.33. The van der Waals surface area contributed by atoms with E-state index >= 15 is 0 Å². The van der Waals surface area contributed by atoms with Crippen molar-refractivity contribution in [3.05, 3.63) is 47.5 Å². The number of hydrogen-bond acceptors (Lipinski definition) is 6. The Balaban J connectivity index is 1.62. The molecule has 4 rings (SSSR count). The number of amides is 1. The summed E-state index contributed by atoms with van der Waals surface area (Å²) in [5.41, 5.74) is 0.780. The highest BCUT2D eigenvalue weighted by atomic mass is 32.1. The summed E-state index contributed by atoms with van der Waals surface area (Å²) >= 11 is 2.65. The van der Waals surface area contributed by atoms with E-state index in [0.29, 0.717) is 15.8 Å². The van der Waals surface area contributed by atoms with Crippen molar-refractivity contribution in [1.29, 1.82) is 0 Å². The summed E-state index contributed by atoms with van der Waals surface area (Å²) in [6.07, 6.45) is -4.44. The van der Waals surface area contributed by atoms with Crippen LogP contribution in [0, 0.1) is 0 Å². The quantitative estimate of drug-likeness (QED) is 0.506. The van der Waals surface area contributed by atoms with Crippen LogP contribution in [0.15, 0.2) is 36.4 Å². The lowest BCUT2D eigenvalue weighted by Crippen LogP contribution is -2.12. The highest BCUT2D eigenvalue weighted by Crippen LogP contribution is 2.38. The second-order valence-electron chi connectivity index (χ2n) is 5.49. The van der Waals surface area contributed by atoms with Gasteiger partial charge in [-0.05, 0) is 36.4 Å². The standard InChI is InChI=1S/C17H10F3N3O2S2/c1-25-16-22-11-7-6-10-12(13(11)27-16)26-15(21-10)23-14(24)8-2-4-9(5-3-8)17(18,19)20/h2-7H,1H3,(H,21,23,24). The number of thiazole rings is 2. The number of halogens is 3. The van der Waals surface area contributed by atoms with Gasteiger partial charge in [-0.15, -0.1) is 0 Å². The van der Waals surface area contributed by atoms with Crippen molar-refractivity contribution in [2.75, 3.05) is 12.4 Å². The number of benzene rings is 2. The van der Waals surface area contributed by atoms with Crippen molar-refractivity contribution in [1.82, 2.24) is 9.97 Å². The van der Waals surface area contributed by atoms with Gasteiger partial charge in [0.05, 0.1) is 33.1 Å². The molecule has 2 heterocycles. The molecule has 0 fully saturated rings. The van der Waals surface area contributed by atoms with Crippen molar-refractivity contribution >= 4 is 54.1 Å². The lowest BCUT2D eigenvalue weighted by molar-refractivity contribution is -0.137. The molecule has 2 aromatic carbocycles. The molecule has 1 N–H and O–H groups in total. The number of fused-ring (bicyclic) bond motifs is 3. The van der Waals surface area contributed by atoms with Gasteiger partial charge in [0.1, 0.15) is 0 Å². The van der Waals surface area contributed by atoms with Crippen molar-refractivity contribution in [3.8, 4) is 5.19 Å². The van der Waals surface area contributed by atoms with Crippen LogP contribution in [0.25, 0.3) is 20.4 Å². The van der Waals surface area contributed by atoms with E-state index in [1.54, 1.807) is 6.07 Å². The summed E-state index contributed by atoms with van der Waals surface area (Å²) in [7, 11) is 1.54. The fourth-order valence-corrected chi connectivity index (χ4v) is 4.44. The number of carbonyl (C=O) groups excluding carboxylic acids is 1. The summed E-state index contributed by atoms with van der Waals surface area (Å²) in [6.45, 7) is 0. The molecule has 0 saturated carbocycles. The summed E-state index contributed by atoms with van der Waals surface area (Å²) < 4.78 is 44.8. The van der Waals surface area contributed by atoms with Crippen LogP contribution in [0.4, 0.5) is 18.3 Å². The van der Waals surface area contributed by atoms with Gasteiger partial charge in [0.25, 0.3) is 11.1 Å². The second kappa shape index (κ2) is 6.46. The first-order chi connectivity index (χ1) is 12.8. The maximum Gasteiger partial charge on any atom is 0.416 e. The topological polar surface area (TPSA) is 64.1 Å². The Hall–Kier alpha value is -2.72. The maximum absolute atomic E-state index is 12.6. The van der Waals surface area contributed by atoms with Crippen molar-refractivity contribution < 1.29 is 22.7 Å². The minimum Gasteiger partial charge on any atom is -0.473 e. The molecule has 0 radical (unpaired) electrons. The monoisotopic (exact) mass is 409 g/mol. The second-order valence-corrected chi connectivity index (χ2v) is 7.45. The minimum atomic E-state index is -4.44.